The summed E-state index contributed by atoms with van der Waals surface area (Å²) in [4.78, 5) is 11.7. The third kappa shape index (κ3) is 2.38. The van der Waals surface area contributed by atoms with Crippen molar-refractivity contribution in [3.05, 3.63) is 40.7 Å². The monoisotopic (exact) mass is 234 g/mol. The lowest BCUT2D eigenvalue weighted by Crippen LogP contribution is -2.02. The van der Waals surface area contributed by atoms with Crippen molar-refractivity contribution in [1.29, 1.82) is 0 Å². The maximum absolute atomic E-state index is 13.0. The SMILES string of the molecule is COc1cc(F)ccc1CC1=C(C)CCC1=O. The Bertz CT molecular complexity index is 489. The van der Waals surface area contributed by atoms with E-state index in [1.807, 2.05) is 6.92 Å². The first-order chi connectivity index (χ1) is 8.11. The second-order valence-electron chi connectivity index (χ2n) is 4.32. The topological polar surface area (TPSA) is 26.3 Å². The molecule has 0 amide bonds. The summed E-state index contributed by atoms with van der Waals surface area (Å²) >= 11 is 0. The number of hydrogen-bond acceptors (Lipinski definition) is 2. The van der Waals surface area contributed by atoms with Crippen molar-refractivity contribution >= 4 is 5.78 Å². The van der Waals surface area contributed by atoms with E-state index in [0.29, 0.717) is 18.6 Å². The predicted octanol–water partition coefficient (Wildman–Crippen LogP) is 3.06. The molecule has 17 heavy (non-hydrogen) atoms. The maximum Gasteiger partial charge on any atom is 0.159 e. The van der Waals surface area contributed by atoms with E-state index in [4.69, 9.17) is 4.74 Å². The number of ether oxygens (including phenoxy) is 1. The highest BCUT2D eigenvalue weighted by atomic mass is 19.1. The number of Topliss-reactive ketones (excluding diaryl/α,β-unsaturated/α-hetero) is 1. The lowest BCUT2D eigenvalue weighted by Gasteiger charge is -2.09. The third-order valence-electron chi connectivity index (χ3n) is 3.20. The van der Waals surface area contributed by atoms with Crippen LogP contribution in [-0.4, -0.2) is 12.9 Å². The minimum absolute atomic E-state index is 0.203. The van der Waals surface area contributed by atoms with Gasteiger partial charge in [-0.15, -0.1) is 0 Å². The molecule has 2 nitrogen and oxygen atoms in total. The van der Waals surface area contributed by atoms with E-state index in [-0.39, 0.29) is 11.6 Å². The molecule has 0 radical (unpaired) electrons. The second-order valence-corrected chi connectivity index (χ2v) is 4.32. The van der Waals surface area contributed by atoms with E-state index >= 15 is 0 Å². The van der Waals surface area contributed by atoms with E-state index in [0.717, 1.165) is 23.1 Å². The highest BCUT2D eigenvalue weighted by Crippen LogP contribution is 2.29. The number of rotatable bonds is 3. The molecule has 0 atom stereocenters. The van der Waals surface area contributed by atoms with Crippen molar-refractivity contribution in [1.82, 2.24) is 0 Å². The number of carbonyl (C=O) groups is 1. The summed E-state index contributed by atoms with van der Waals surface area (Å²) in [5.74, 6) is 0.382. The van der Waals surface area contributed by atoms with Crippen LogP contribution in [0.2, 0.25) is 0 Å². The fourth-order valence-corrected chi connectivity index (χ4v) is 2.15. The van der Waals surface area contributed by atoms with Crippen LogP contribution in [0.15, 0.2) is 29.3 Å². The molecule has 0 fully saturated rings. The average Bonchev–Trinajstić information content (AvgIpc) is 2.62. The van der Waals surface area contributed by atoms with Crippen LogP contribution in [0.5, 0.6) is 5.75 Å². The van der Waals surface area contributed by atoms with Gasteiger partial charge in [-0.1, -0.05) is 11.6 Å². The summed E-state index contributed by atoms with van der Waals surface area (Å²) < 4.78 is 18.2. The summed E-state index contributed by atoms with van der Waals surface area (Å²) in [6, 6.07) is 4.43. The van der Waals surface area contributed by atoms with Gasteiger partial charge >= 0.3 is 0 Å². The molecule has 90 valence electrons. The number of carbonyl (C=O) groups excluding carboxylic acids is 1. The van der Waals surface area contributed by atoms with Gasteiger partial charge in [0.2, 0.25) is 0 Å². The van der Waals surface area contributed by atoms with Crippen LogP contribution >= 0.6 is 0 Å². The molecule has 1 aromatic carbocycles. The molecule has 0 unspecified atom stereocenters. The number of benzene rings is 1. The first-order valence-corrected chi connectivity index (χ1v) is 5.66. The Hall–Kier alpha value is -1.64. The summed E-state index contributed by atoms with van der Waals surface area (Å²) in [5, 5.41) is 0. The Morgan fingerprint density at radius 1 is 1.35 bits per heavy atom. The predicted molar refractivity (Wildman–Crippen MR) is 63.6 cm³/mol. The van der Waals surface area contributed by atoms with Gasteiger partial charge in [0.15, 0.2) is 5.78 Å². The molecule has 0 aliphatic heterocycles. The highest BCUT2D eigenvalue weighted by Gasteiger charge is 2.21. The molecule has 0 saturated heterocycles. The first kappa shape index (κ1) is 11.8. The smallest absolute Gasteiger partial charge is 0.159 e. The van der Waals surface area contributed by atoms with Gasteiger partial charge in [0, 0.05) is 18.9 Å². The molecular formula is C14H15FO2. The van der Waals surface area contributed by atoms with Gasteiger partial charge in [-0.2, -0.15) is 0 Å². The van der Waals surface area contributed by atoms with Crippen molar-refractivity contribution in [2.75, 3.05) is 7.11 Å². The molecular weight excluding hydrogens is 219 g/mol. The minimum atomic E-state index is -0.325. The Labute approximate surface area is 100 Å². The van der Waals surface area contributed by atoms with Crippen LogP contribution in [0.1, 0.15) is 25.3 Å². The molecule has 0 aromatic heterocycles. The zero-order valence-electron chi connectivity index (χ0n) is 10.0. The Morgan fingerprint density at radius 3 is 2.71 bits per heavy atom. The van der Waals surface area contributed by atoms with E-state index in [1.165, 1.54) is 19.2 Å². The molecule has 0 N–H and O–H groups in total. The van der Waals surface area contributed by atoms with Gasteiger partial charge in [-0.3, -0.25) is 4.79 Å². The second kappa shape index (κ2) is 4.70. The lowest BCUT2D eigenvalue weighted by atomic mass is 10.0. The van der Waals surface area contributed by atoms with Gasteiger partial charge in [-0.05, 0) is 30.5 Å². The zero-order valence-corrected chi connectivity index (χ0v) is 10.0. The molecule has 2 rings (SSSR count). The normalized spacial score (nSPS) is 15.6. The van der Waals surface area contributed by atoms with E-state index < -0.39 is 0 Å². The third-order valence-corrected chi connectivity index (χ3v) is 3.20. The van der Waals surface area contributed by atoms with Gasteiger partial charge in [-0.25, -0.2) is 4.39 Å². The number of hydrogen-bond donors (Lipinski definition) is 0. The van der Waals surface area contributed by atoms with Crippen molar-refractivity contribution in [3.8, 4) is 5.75 Å². The molecule has 0 spiro atoms. The van der Waals surface area contributed by atoms with Crippen LogP contribution in [-0.2, 0) is 11.2 Å². The van der Waals surface area contributed by atoms with Crippen LogP contribution < -0.4 is 4.74 Å². The highest BCUT2D eigenvalue weighted by molar-refractivity contribution is 5.99. The summed E-state index contributed by atoms with van der Waals surface area (Å²) in [6.45, 7) is 1.98. The quantitative estimate of drug-likeness (QED) is 0.803. The van der Waals surface area contributed by atoms with Gasteiger partial charge in [0.25, 0.3) is 0 Å². The van der Waals surface area contributed by atoms with Crippen LogP contribution in [0, 0.1) is 5.82 Å². The van der Waals surface area contributed by atoms with Gasteiger partial charge in [0.1, 0.15) is 11.6 Å². The first-order valence-electron chi connectivity index (χ1n) is 5.66. The zero-order chi connectivity index (χ0) is 12.4. The average molecular weight is 234 g/mol. The maximum atomic E-state index is 13.0. The molecule has 3 heteroatoms. The summed E-state index contributed by atoms with van der Waals surface area (Å²) in [6.07, 6.45) is 1.98. The van der Waals surface area contributed by atoms with Crippen LogP contribution in [0.4, 0.5) is 4.39 Å². The van der Waals surface area contributed by atoms with Crippen molar-refractivity contribution < 1.29 is 13.9 Å². The lowest BCUT2D eigenvalue weighted by molar-refractivity contribution is -0.115. The van der Waals surface area contributed by atoms with Crippen molar-refractivity contribution in [3.63, 3.8) is 0 Å². The van der Waals surface area contributed by atoms with E-state index in [2.05, 4.69) is 0 Å². The largest absolute Gasteiger partial charge is 0.496 e. The molecule has 0 bridgehead atoms. The fourth-order valence-electron chi connectivity index (χ4n) is 2.15. The van der Waals surface area contributed by atoms with Crippen molar-refractivity contribution in [2.45, 2.75) is 26.2 Å². The van der Waals surface area contributed by atoms with E-state index in [9.17, 15) is 9.18 Å². The van der Waals surface area contributed by atoms with Crippen LogP contribution in [0.3, 0.4) is 0 Å². The standard InChI is InChI=1S/C14H15FO2/c1-9-3-6-13(16)12(9)7-10-4-5-11(15)8-14(10)17-2/h4-5,8H,3,6-7H2,1-2H3. The Morgan fingerprint density at radius 2 is 2.12 bits per heavy atom. The van der Waals surface area contributed by atoms with E-state index in [1.54, 1.807) is 6.07 Å². The minimum Gasteiger partial charge on any atom is -0.496 e. The molecule has 1 aromatic rings. The Kier molecular flexibility index (Phi) is 3.27. The van der Waals surface area contributed by atoms with Crippen molar-refractivity contribution in [2.24, 2.45) is 0 Å². The number of ketones is 1. The molecule has 1 aliphatic rings. The van der Waals surface area contributed by atoms with Gasteiger partial charge < -0.3 is 4.74 Å². The Balaban J connectivity index is 2.30. The number of methoxy groups -OCH3 is 1. The van der Waals surface area contributed by atoms with Gasteiger partial charge in [0.05, 0.1) is 7.11 Å². The van der Waals surface area contributed by atoms with Crippen LogP contribution in [0.25, 0.3) is 0 Å². The molecule has 1 aliphatic carbocycles. The summed E-state index contributed by atoms with van der Waals surface area (Å²) in [5.41, 5.74) is 2.86. The number of halogens is 1. The molecule has 0 heterocycles. The fraction of sp³-hybridized carbons (Fsp3) is 0.357. The summed E-state index contributed by atoms with van der Waals surface area (Å²) in [7, 11) is 1.51. The number of allylic oxidation sites excluding steroid dienone is 2. The molecule has 0 saturated carbocycles.